The quantitative estimate of drug-likeness (QED) is 0.255. The molecule has 37 heavy (non-hydrogen) atoms. The van der Waals surface area contributed by atoms with Gasteiger partial charge in [-0.2, -0.15) is 0 Å². The Hall–Kier alpha value is -4.25. The van der Waals surface area contributed by atoms with Gasteiger partial charge in [0.15, 0.2) is 0 Å². The summed E-state index contributed by atoms with van der Waals surface area (Å²) in [5, 5.41) is 2.95. The summed E-state index contributed by atoms with van der Waals surface area (Å²) in [7, 11) is 0. The third-order valence-corrected chi connectivity index (χ3v) is 5.83. The second-order valence-corrected chi connectivity index (χ2v) is 9.71. The van der Waals surface area contributed by atoms with E-state index in [-0.39, 0.29) is 17.9 Å². The summed E-state index contributed by atoms with van der Waals surface area (Å²) < 4.78 is 17.6. The highest BCUT2D eigenvalue weighted by molar-refractivity contribution is 6.04. The summed E-state index contributed by atoms with van der Waals surface area (Å²) >= 11 is 0. The van der Waals surface area contributed by atoms with Crippen LogP contribution in [0.15, 0.2) is 97.1 Å². The van der Waals surface area contributed by atoms with Crippen LogP contribution in [-0.2, 0) is 12.0 Å². The molecule has 5 heteroatoms. The van der Waals surface area contributed by atoms with Crippen molar-refractivity contribution in [3.63, 3.8) is 0 Å². The van der Waals surface area contributed by atoms with Gasteiger partial charge in [0.2, 0.25) is 0 Å². The molecule has 4 aromatic carbocycles. The molecular weight excluding hydrogens is 462 g/mol. The fourth-order valence-electron chi connectivity index (χ4n) is 3.78. The van der Waals surface area contributed by atoms with Gasteiger partial charge in [0.05, 0.1) is 6.61 Å². The lowest BCUT2D eigenvalue weighted by molar-refractivity contribution is 0.102. The van der Waals surface area contributed by atoms with Crippen molar-refractivity contribution in [1.29, 1.82) is 0 Å². The molecule has 0 saturated carbocycles. The van der Waals surface area contributed by atoms with Gasteiger partial charge < -0.3 is 19.5 Å². The van der Waals surface area contributed by atoms with Crippen molar-refractivity contribution in [2.24, 2.45) is 0 Å². The van der Waals surface area contributed by atoms with Crippen LogP contribution in [0.4, 0.5) is 5.69 Å². The van der Waals surface area contributed by atoms with Crippen LogP contribution in [0.1, 0.15) is 49.2 Å². The van der Waals surface area contributed by atoms with E-state index >= 15 is 0 Å². The Labute approximate surface area is 219 Å². The minimum atomic E-state index is -0.212. The molecule has 0 spiro atoms. The molecule has 0 aromatic heterocycles. The molecule has 0 fully saturated rings. The van der Waals surface area contributed by atoms with Gasteiger partial charge in [-0.15, -0.1) is 0 Å². The maximum atomic E-state index is 13.0. The highest BCUT2D eigenvalue weighted by Crippen LogP contribution is 2.27. The Balaban J connectivity index is 1.43. The molecule has 0 radical (unpaired) electrons. The van der Waals surface area contributed by atoms with E-state index in [0.717, 1.165) is 17.1 Å². The molecule has 1 amide bonds. The lowest BCUT2D eigenvalue weighted by Gasteiger charge is -2.19. The number of anilines is 1. The van der Waals surface area contributed by atoms with E-state index in [4.69, 9.17) is 14.2 Å². The van der Waals surface area contributed by atoms with Crippen LogP contribution in [0, 0.1) is 0 Å². The van der Waals surface area contributed by atoms with Gasteiger partial charge in [-0.1, -0.05) is 51.1 Å². The van der Waals surface area contributed by atoms with Crippen LogP contribution in [0.25, 0.3) is 0 Å². The number of carbonyl (C=O) groups is 1. The van der Waals surface area contributed by atoms with Gasteiger partial charge in [-0.3, -0.25) is 4.79 Å². The molecule has 190 valence electrons. The maximum Gasteiger partial charge on any atom is 0.255 e. The molecule has 0 heterocycles. The molecule has 0 aliphatic rings. The third kappa shape index (κ3) is 7.14. The number of benzene rings is 4. The van der Waals surface area contributed by atoms with Crippen LogP contribution in [0.3, 0.4) is 0 Å². The smallest absolute Gasteiger partial charge is 0.255 e. The number of carbonyl (C=O) groups excluding carboxylic acids is 1. The molecule has 1 N–H and O–H groups in total. The predicted molar refractivity (Wildman–Crippen MR) is 148 cm³/mol. The molecule has 4 aromatic rings. The molecule has 0 aliphatic heterocycles. The fraction of sp³-hybridized carbons (Fsp3) is 0.219. The Morgan fingerprint density at radius 1 is 0.757 bits per heavy atom. The van der Waals surface area contributed by atoms with Crippen molar-refractivity contribution in [2.75, 3.05) is 11.9 Å². The Morgan fingerprint density at radius 2 is 1.41 bits per heavy atom. The maximum absolute atomic E-state index is 13.0. The average molecular weight is 496 g/mol. The first-order valence-electron chi connectivity index (χ1n) is 12.5. The molecule has 4 rings (SSSR count). The summed E-state index contributed by atoms with van der Waals surface area (Å²) in [4.78, 5) is 13.0. The van der Waals surface area contributed by atoms with Crippen LogP contribution in [0.5, 0.6) is 23.0 Å². The highest BCUT2D eigenvalue weighted by Gasteiger charge is 2.14. The SMILES string of the molecule is CCOc1ccc(C(=O)Nc2ccc(Oc3ccccc3)cc2)cc1COc1ccc(C(C)(C)C)cc1. The lowest BCUT2D eigenvalue weighted by atomic mass is 9.87. The Kier molecular flexibility index (Phi) is 8.14. The Bertz CT molecular complexity index is 1310. The zero-order valence-electron chi connectivity index (χ0n) is 21.8. The van der Waals surface area contributed by atoms with E-state index < -0.39 is 0 Å². The van der Waals surface area contributed by atoms with Crippen LogP contribution in [0.2, 0.25) is 0 Å². The first-order chi connectivity index (χ1) is 17.8. The van der Waals surface area contributed by atoms with Crippen molar-refractivity contribution in [1.82, 2.24) is 0 Å². The topological polar surface area (TPSA) is 56.8 Å². The normalized spacial score (nSPS) is 11.0. The van der Waals surface area contributed by atoms with Crippen molar-refractivity contribution >= 4 is 11.6 Å². The largest absolute Gasteiger partial charge is 0.493 e. The van der Waals surface area contributed by atoms with Crippen molar-refractivity contribution in [3.05, 3.63) is 114 Å². The predicted octanol–water partition coefficient (Wildman–Crippen LogP) is 8.01. The first-order valence-corrected chi connectivity index (χ1v) is 12.5. The number of hydrogen-bond donors (Lipinski definition) is 1. The van der Waals surface area contributed by atoms with Gasteiger partial charge in [0.25, 0.3) is 5.91 Å². The fourth-order valence-corrected chi connectivity index (χ4v) is 3.78. The van der Waals surface area contributed by atoms with Gasteiger partial charge in [-0.05, 0) is 84.6 Å². The summed E-state index contributed by atoms with van der Waals surface area (Å²) in [6.45, 7) is 9.29. The van der Waals surface area contributed by atoms with E-state index in [9.17, 15) is 4.79 Å². The zero-order valence-corrected chi connectivity index (χ0v) is 21.8. The average Bonchev–Trinajstić information content (AvgIpc) is 2.89. The minimum Gasteiger partial charge on any atom is -0.493 e. The molecule has 0 aliphatic carbocycles. The number of ether oxygens (including phenoxy) is 3. The van der Waals surface area contributed by atoms with E-state index in [1.165, 1.54) is 5.56 Å². The van der Waals surface area contributed by atoms with Crippen molar-refractivity contribution in [2.45, 2.75) is 39.7 Å². The van der Waals surface area contributed by atoms with E-state index in [2.05, 4.69) is 38.2 Å². The van der Waals surface area contributed by atoms with Crippen LogP contribution in [-0.4, -0.2) is 12.5 Å². The molecule has 0 bridgehead atoms. The Morgan fingerprint density at radius 3 is 2.05 bits per heavy atom. The van der Waals surface area contributed by atoms with Gasteiger partial charge in [0.1, 0.15) is 29.6 Å². The molecule has 0 atom stereocenters. The van der Waals surface area contributed by atoms with Gasteiger partial charge in [0, 0.05) is 16.8 Å². The van der Waals surface area contributed by atoms with Crippen LogP contribution >= 0.6 is 0 Å². The number of amides is 1. The first kappa shape index (κ1) is 25.8. The summed E-state index contributed by atoms with van der Waals surface area (Å²) in [5.74, 6) is 2.71. The second kappa shape index (κ2) is 11.7. The lowest BCUT2D eigenvalue weighted by Crippen LogP contribution is -2.13. The molecular formula is C32H33NO4. The number of nitrogens with one attached hydrogen (secondary N) is 1. The molecule has 5 nitrogen and oxygen atoms in total. The summed E-state index contributed by atoms with van der Waals surface area (Å²) in [6, 6.07) is 30.3. The van der Waals surface area contributed by atoms with Crippen molar-refractivity contribution < 1.29 is 19.0 Å². The molecule has 0 saturated heterocycles. The molecule has 0 unspecified atom stereocenters. The van der Waals surface area contributed by atoms with E-state index in [0.29, 0.717) is 29.4 Å². The van der Waals surface area contributed by atoms with Gasteiger partial charge >= 0.3 is 0 Å². The summed E-state index contributed by atoms with van der Waals surface area (Å²) in [5.41, 5.74) is 3.33. The minimum absolute atomic E-state index is 0.0810. The number of para-hydroxylation sites is 1. The third-order valence-electron chi connectivity index (χ3n) is 5.83. The number of hydrogen-bond acceptors (Lipinski definition) is 4. The van der Waals surface area contributed by atoms with Crippen molar-refractivity contribution in [3.8, 4) is 23.0 Å². The van der Waals surface area contributed by atoms with Crippen LogP contribution < -0.4 is 19.5 Å². The van der Waals surface area contributed by atoms with Gasteiger partial charge in [-0.25, -0.2) is 0 Å². The number of rotatable bonds is 9. The van der Waals surface area contributed by atoms with E-state index in [1.54, 1.807) is 6.07 Å². The zero-order chi connectivity index (χ0) is 26.3. The second-order valence-electron chi connectivity index (χ2n) is 9.71. The monoisotopic (exact) mass is 495 g/mol. The highest BCUT2D eigenvalue weighted by atomic mass is 16.5. The standard InChI is InChI=1S/C32H33NO4/c1-5-35-30-20-11-23(21-24(30)22-36-27-16-12-25(13-17-27)32(2,3)4)31(34)33-26-14-18-29(19-15-26)37-28-9-7-6-8-10-28/h6-21H,5,22H2,1-4H3,(H,33,34). The summed E-state index contributed by atoms with van der Waals surface area (Å²) in [6.07, 6.45) is 0. The van der Waals surface area contributed by atoms with E-state index in [1.807, 2.05) is 85.8 Å².